The summed E-state index contributed by atoms with van der Waals surface area (Å²) in [5.74, 6) is 0.504. The molecule has 1 atom stereocenters. The van der Waals surface area contributed by atoms with Gasteiger partial charge in [0.05, 0.1) is 0 Å². The zero-order chi connectivity index (χ0) is 8.97. The molecule has 0 bridgehead atoms. The predicted octanol–water partition coefficient (Wildman–Crippen LogP) is 2.68. The van der Waals surface area contributed by atoms with Crippen LogP contribution in [-0.4, -0.2) is 11.1 Å². The SMILES string of the molecule is CCC(CC(=O)O)C1CCCC1. The van der Waals surface area contributed by atoms with Crippen molar-refractivity contribution >= 4 is 5.97 Å². The fraction of sp³-hybridized carbons (Fsp3) is 0.900. The lowest BCUT2D eigenvalue weighted by molar-refractivity contribution is -0.138. The number of hydrogen-bond acceptors (Lipinski definition) is 1. The number of rotatable bonds is 4. The van der Waals surface area contributed by atoms with Gasteiger partial charge < -0.3 is 5.11 Å². The second-order valence-electron chi connectivity index (χ2n) is 3.81. The third-order valence-corrected chi connectivity index (χ3v) is 3.03. The van der Waals surface area contributed by atoms with Gasteiger partial charge in [0, 0.05) is 6.42 Å². The van der Waals surface area contributed by atoms with Crippen molar-refractivity contribution in [1.82, 2.24) is 0 Å². The van der Waals surface area contributed by atoms with Gasteiger partial charge in [-0.25, -0.2) is 0 Å². The van der Waals surface area contributed by atoms with Crippen molar-refractivity contribution < 1.29 is 9.90 Å². The van der Waals surface area contributed by atoms with Crippen molar-refractivity contribution in [1.29, 1.82) is 0 Å². The van der Waals surface area contributed by atoms with Gasteiger partial charge in [0.2, 0.25) is 0 Å². The first-order valence-corrected chi connectivity index (χ1v) is 4.95. The lowest BCUT2D eigenvalue weighted by Crippen LogP contribution is -2.15. The fourth-order valence-corrected chi connectivity index (χ4v) is 2.30. The van der Waals surface area contributed by atoms with Crippen LogP contribution in [0.5, 0.6) is 0 Å². The summed E-state index contributed by atoms with van der Waals surface area (Å²) in [5.41, 5.74) is 0. The average molecular weight is 170 g/mol. The van der Waals surface area contributed by atoms with Crippen LogP contribution >= 0.6 is 0 Å². The van der Waals surface area contributed by atoms with E-state index in [4.69, 9.17) is 5.11 Å². The molecule has 1 unspecified atom stereocenters. The second kappa shape index (κ2) is 4.48. The molecule has 0 aliphatic heterocycles. The van der Waals surface area contributed by atoms with Crippen LogP contribution in [0.2, 0.25) is 0 Å². The van der Waals surface area contributed by atoms with E-state index in [0.717, 1.165) is 6.42 Å². The van der Waals surface area contributed by atoms with Crippen molar-refractivity contribution in [2.45, 2.75) is 45.4 Å². The molecule has 70 valence electrons. The molecule has 12 heavy (non-hydrogen) atoms. The number of hydrogen-bond donors (Lipinski definition) is 1. The van der Waals surface area contributed by atoms with E-state index < -0.39 is 5.97 Å². The highest BCUT2D eigenvalue weighted by Gasteiger charge is 2.25. The van der Waals surface area contributed by atoms with Gasteiger partial charge in [-0.2, -0.15) is 0 Å². The minimum Gasteiger partial charge on any atom is -0.481 e. The molecule has 0 radical (unpaired) electrons. The van der Waals surface area contributed by atoms with Crippen LogP contribution in [0.4, 0.5) is 0 Å². The van der Waals surface area contributed by atoms with E-state index >= 15 is 0 Å². The van der Waals surface area contributed by atoms with Gasteiger partial charge >= 0.3 is 5.97 Å². The maximum absolute atomic E-state index is 10.5. The molecule has 0 amide bonds. The molecule has 1 rings (SSSR count). The summed E-state index contributed by atoms with van der Waals surface area (Å²) in [4.78, 5) is 10.5. The summed E-state index contributed by atoms with van der Waals surface area (Å²) in [7, 11) is 0. The quantitative estimate of drug-likeness (QED) is 0.704. The summed E-state index contributed by atoms with van der Waals surface area (Å²) in [6, 6.07) is 0. The van der Waals surface area contributed by atoms with Crippen LogP contribution in [-0.2, 0) is 4.79 Å². The van der Waals surface area contributed by atoms with Crippen molar-refractivity contribution in [3.63, 3.8) is 0 Å². The van der Waals surface area contributed by atoms with Crippen LogP contribution in [0.3, 0.4) is 0 Å². The van der Waals surface area contributed by atoms with E-state index in [1.54, 1.807) is 0 Å². The van der Waals surface area contributed by atoms with Gasteiger partial charge in [0.15, 0.2) is 0 Å². The lowest BCUT2D eigenvalue weighted by atomic mass is 9.86. The van der Waals surface area contributed by atoms with Crippen molar-refractivity contribution in [3.05, 3.63) is 0 Å². The summed E-state index contributed by atoms with van der Waals surface area (Å²) in [5, 5.41) is 8.68. The Balaban J connectivity index is 2.37. The van der Waals surface area contributed by atoms with E-state index in [2.05, 4.69) is 6.92 Å². The van der Waals surface area contributed by atoms with Crippen LogP contribution in [0.15, 0.2) is 0 Å². The van der Waals surface area contributed by atoms with Gasteiger partial charge in [-0.15, -0.1) is 0 Å². The predicted molar refractivity (Wildman–Crippen MR) is 48.0 cm³/mol. The molecule has 1 aliphatic carbocycles. The van der Waals surface area contributed by atoms with Gasteiger partial charge in [0.1, 0.15) is 0 Å². The fourth-order valence-electron chi connectivity index (χ4n) is 2.30. The van der Waals surface area contributed by atoms with Crippen LogP contribution in [0, 0.1) is 11.8 Å². The Bertz CT molecular complexity index is 148. The number of carbonyl (C=O) groups is 1. The third-order valence-electron chi connectivity index (χ3n) is 3.03. The normalized spacial score (nSPS) is 21.1. The first kappa shape index (κ1) is 9.56. The molecule has 0 spiro atoms. The molecular formula is C10H18O2. The van der Waals surface area contributed by atoms with E-state index in [9.17, 15) is 4.79 Å². The van der Waals surface area contributed by atoms with Gasteiger partial charge in [-0.3, -0.25) is 4.79 Å². The van der Waals surface area contributed by atoms with Crippen LogP contribution in [0.25, 0.3) is 0 Å². The molecule has 2 heteroatoms. The molecule has 1 saturated carbocycles. The van der Waals surface area contributed by atoms with Crippen LogP contribution in [0.1, 0.15) is 45.4 Å². The molecule has 0 heterocycles. The highest BCUT2D eigenvalue weighted by molar-refractivity contribution is 5.67. The molecule has 0 aromatic heterocycles. The minimum absolute atomic E-state index is 0.376. The van der Waals surface area contributed by atoms with E-state index in [-0.39, 0.29) is 0 Å². The molecule has 1 N–H and O–H groups in total. The van der Waals surface area contributed by atoms with E-state index in [1.807, 2.05) is 0 Å². The van der Waals surface area contributed by atoms with Crippen molar-refractivity contribution in [3.8, 4) is 0 Å². The number of carboxylic acids is 1. The topological polar surface area (TPSA) is 37.3 Å². The van der Waals surface area contributed by atoms with Crippen LogP contribution < -0.4 is 0 Å². The van der Waals surface area contributed by atoms with Gasteiger partial charge in [-0.05, 0) is 11.8 Å². The molecule has 0 aromatic rings. The summed E-state index contributed by atoms with van der Waals surface area (Å²) >= 11 is 0. The Morgan fingerprint density at radius 3 is 2.50 bits per heavy atom. The number of aliphatic carboxylic acids is 1. The van der Waals surface area contributed by atoms with Crippen molar-refractivity contribution in [2.75, 3.05) is 0 Å². The first-order valence-electron chi connectivity index (χ1n) is 4.95. The minimum atomic E-state index is -0.631. The third kappa shape index (κ3) is 2.50. The summed E-state index contributed by atoms with van der Waals surface area (Å²) < 4.78 is 0. The average Bonchev–Trinajstić information content (AvgIpc) is 2.51. The maximum Gasteiger partial charge on any atom is 0.303 e. The summed E-state index contributed by atoms with van der Waals surface area (Å²) in [6.07, 6.45) is 6.53. The monoisotopic (exact) mass is 170 g/mol. The van der Waals surface area contributed by atoms with Crippen molar-refractivity contribution in [2.24, 2.45) is 11.8 Å². The van der Waals surface area contributed by atoms with Gasteiger partial charge in [-0.1, -0.05) is 39.0 Å². The maximum atomic E-state index is 10.5. The highest BCUT2D eigenvalue weighted by atomic mass is 16.4. The first-order chi connectivity index (χ1) is 5.74. The Kier molecular flexibility index (Phi) is 3.57. The number of carboxylic acid groups (broad SMARTS) is 1. The largest absolute Gasteiger partial charge is 0.481 e. The Morgan fingerprint density at radius 1 is 1.50 bits per heavy atom. The van der Waals surface area contributed by atoms with E-state index in [1.165, 1.54) is 25.7 Å². The highest BCUT2D eigenvalue weighted by Crippen LogP contribution is 2.34. The molecule has 0 saturated heterocycles. The van der Waals surface area contributed by atoms with E-state index in [0.29, 0.717) is 18.3 Å². The Labute approximate surface area is 74.0 Å². The zero-order valence-corrected chi connectivity index (χ0v) is 7.75. The Morgan fingerprint density at radius 2 is 2.08 bits per heavy atom. The molecular weight excluding hydrogens is 152 g/mol. The zero-order valence-electron chi connectivity index (χ0n) is 7.75. The molecule has 1 fully saturated rings. The molecule has 0 aromatic carbocycles. The molecule has 1 aliphatic rings. The van der Waals surface area contributed by atoms with Gasteiger partial charge in [0.25, 0.3) is 0 Å². The Hall–Kier alpha value is -0.530. The standard InChI is InChI=1S/C10H18O2/c1-2-8(7-10(11)12)9-5-3-4-6-9/h8-9H,2-7H2,1H3,(H,11,12). The molecule has 2 nitrogen and oxygen atoms in total. The second-order valence-corrected chi connectivity index (χ2v) is 3.81. The summed E-state index contributed by atoms with van der Waals surface area (Å²) in [6.45, 7) is 2.10. The lowest BCUT2D eigenvalue weighted by Gasteiger charge is -2.19. The smallest absolute Gasteiger partial charge is 0.303 e.